The molecule has 1 aliphatic rings. The Bertz CT molecular complexity index is 1220. The average Bonchev–Trinajstić information content (AvgIpc) is 3.45. The lowest BCUT2D eigenvalue weighted by Gasteiger charge is -2.21. The molecule has 0 unspecified atom stereocenters. The Hall–Kier alpha value is -3.54. The minimum absolute atomic E-state index is 0.235. The van der Waals surface area contributed by atoms with Crippen molar-refractivity contribution in [2.45, 2.75) is 18.9 Å². The summed E-state index contributed by atoms with van der Waals surface area (Å²) >= 11 is 0. The Kier molecular flexibility index (Phi) is 9.27. The number of anilines is 1. The van der Waals surface area contributed by atoms with Crippen molar-refractivity contribution in [3.63, 3.8) is 0 Å². The van der Waals surface area contributed by atoms with Gasteiger partial charge in [0.1, 0.15) is 12.4 Å². The molecule has 9 nitrogen and oxygen atoms in total. The van der Waals surface area contributed by atoms with Crippen LogP contribution in [-0.2, 0) is 9.47 Å². The van der Waals surface area contributed by atoms with Gasteiger partial charge in [0.05, 0.1) is 30.5 Å². The second-order valence-corrected chi connectivity index (χ2v) is 9.10. The number of hydrogen-bond donors (Lipinski definition) is 2. The molecule has 38 heavy (non-hydrogen) atoms. The standard InChI is InChI=1S/C27H33F2N5O4/c1-18-25(34(20-7-5-4-6-8-20)32-26(18)38-14-13-37-3)31-27(35)30-24-17-33(11-12-36-2)16-21(24)19-9-10-22(28)23(29)15-19/h4-10,15,21,24H,11-14,16-17H2,1-3H3,(H2,30,31,35)/t21-,24+/m0/s1. The monoisotopic (exact) mass is 529 g/mol. The molecule has 0 radical (unpaired) electrons. The number of likely N-dealkylation sites (tertiary alicyclic amines) is 1. The number of methoxy groups -OCH3 is 2. The summed E-state index contributed by atoms with van der Waals surface area (Å²) in [6, 6.07) is 12.5. The highest BCUT2D eigenvalue weighted by Crippen LogP contribution is 2.30. The predicted octanol–water partition coefficient (Wildman–Crippen LogP) is 3.72. The zero-order valence-corrected chi connectivity index (χ0v) is 21.7. The van der Waals surface area contributed by atoms with Crippen LogP contribution in [0, 0.1) is 18.6 Å². The second-order valence-electron chi connectivity index (χ2n) is 9.10. The van der Waals surface area contributed by atoms with E-state index in [1.807, 2.05) is 37.3 Å². The molecule has 4 rings (SSSR count). The first-order chi connectivity index (χ1) is 18.4. The van der Waals surface area contributed by atoms with Crippen molar-refractivity contribution in [1.82, 2.24) is 20.0 Å². The molecule has 204 valence electrons. The molecule has 1 aromatic heterocycles. The van der Waals surface area contributed by atoms with E-state index in [2.05, 4.69) is 20.6 Å². The number of carbonyl (C=O) groups excluding carboxylic acids is 1. The van der Waals surface area contributed by atoms with Crippen molar-refractivity contribution in [2.24, 2.45) is 0 Å². The molecule has 3 aromatic rings. The van der Waals surface area contributed by atoms with Crippen LogP contribution in [0.5, 0.6) is 5.88 Å². The number of nitrogens with zero attached hydrogens (tertiary/aromatic N) is 3. The molecule has 2 amide bonds. The molecule has 0 aliphatic carbocycles. The number of amides is 2. The molecule has 2 N–H and O–H groups in total. The maximum atomic E-state index is 14.0. The van der Waals surface area contributed by atoms with Gasteiger partial charge in [0.25, 0.3) is 0 Å². The van der Waals surface area contributed by atoms with Crippen molar-refractivity contribution < 1.29 is 27.8 Å². The van der Waals surface area contributed by atoms with E-state index < -0.39 is 17.7 Å². The first-order valence-electron chi connectivity index (χ1n) is 12.4. The third-order valence-electron chi connectivity index (χ3n) is 6.53. The number of rotatable bonds is 11. The Balaban J connectivity index is 1.55. The van der Waals surface area contributed by atoms with Crippen LogP contribution in [0.4, 0.5) is 19.4 Å². The minimum Gasteiger partial charge on any atom is -0.474 e. The van der Waals surface area contributed by atoms with Gasteiger partial charge in [0.2, 0.25) is 5.88 Å². The number of benzene rings is 2. The Morgan fingerprint density at radius 2 is 1.79 bits per heavy atom. The molecule has 1 fully saturated rings. The van der Waals surface area contributed by atoms with Crippen LogP contribution in [0.2, 0.25) is 0 Å². The fourth-order valence-corrected chi connectivity index (χ4v) is 4.56. The SMILES string of the molecule is COCCOc1nn(-c2ccccc2)c(NC(=O)N[C@@H]2CN(CCOC)C[C@H]2c2ccc(F)c(F)c2)c1C. The summed E-state index contributed by atoms with van der Waals surface area (Å²) in [7, 11) is 3.21. The molecular formula is C27H33F2N5O4. The Morgan fingerprint density at radius 3 is 2.50 bits per heavy atom. The molecule has 2 atom stereocenters. The molecule has 2 heterocycles. The van der Waals surface area contributed by atoms with Gasteiger partial charge in [-0.2, -0.15) is 0 Å². The van der Waals surface area contributed by atoms with Crippen LogP contribution in [0.25, 0.3) is 5.69 Å². The van der Waals surface area contributed by atoms with Crippen LogP contribution in [0.1, 0.15) is 17.0 Å². The normalized spacial score (nSPS) is 17.5. The maximum absolute atomic E-state index is 14.0. The summed E-state index contributed by atoms with van der Waals surface area (Å²) in [5, 5.41) is 10.5. The minimum atomic E-state index is -0.913. The molecular weight excluding hydrogens is 496 g/mol. The highest BCUT2D eigenvalue weighted by atomic mass is 19.2. The summed E-state index contributed by atoms with van der Waals surface area (Å²) < 4.78 is 45.3. The zero-order valence-electron chi connectivity index (χ0n) is 21.7. The van der Waals surface area contributed by atoms with Crippen molar-refractivity contribution in [2.75, 3.05) is 59.0 Å². The van der Waals surface area contributed by atoms with Gasteiger partial charge < -0.3 is 19.5 Å². The third-order valence-corrected chi connectivity index (χ3v) is 6.53. The summed E-state index contributed by atoms with van der Waals surface area (Å²) in [6.07, 6.45) is 0. The van der Waals surface area contributed by atoms with E-state index in [1.165, 1.54) is 6.07 Å². The van der Waals surface area contributed by atoms with E-state index in [1.54, 1.807) is 25.0 Å². The van der Waals surface area contributed by atoms with Crippen LogP contribution >= 0.6 is 0 Å². The van der Waals surface area contributed by atoms with E-state index in [0.717, 1.165) is 11.8 Å². The summed E-state index contributed by atoms with van der Waals surface area (Å²) in [5.41, 5.74) is 2.03. The number of urea groups is 1. The number of para-hydroxylation sites is 1. The van der Waals surface area contributed by atoms with E-state index in [0.29, 0.717) is 62.3 Å². The fourth-order valence-electron chi connectivity index (χ4n) is 4.56. The van der Waals surface area contributed by atoms with Crippen molar-refractivity contribution >= 4 is 11.8 Å². The lowest BCUT2D eigenvalue weighted by Crippen LogP contribution is -2.42. The first kappa shape index (κ1) is 27.5. The van der Waals surface area contributed by atoms with Gasteiger partial charge in [-0.3, -0.25) is 10.2 Å². The summed E-state index contributed by atoms with van der Waals surface area (Å²) in [6.45, 7) is 4.79. The van der Waals surface area contributed by atoms with Crippen molar-refractivity contribution in [1.29, 1.82) is 0 Å². The second kappa shape index (κ2) is 12.8. The number of nitrogens with one attached hydrogen (secondary N) is 2. The van der Waals surface area contributed by atoms with Crippen molar-refractivity contribution in [3.05, 3.63) is 71.3 Å². The molecule has 0 spiro atoms. The van der Waals surface area contributed by atoms with Gasteiger partial charge in [-0.05, 0) is 36.8 Å². The Morgan fingerprint density at radius 1 is 1.03 bits per heavy atom. The number of hydrogen-bond acceptors (Lipinski definition) is 6. The molecule has 0 bridgehead atoms. The van der Waals surface area contributed by atoms with Crippen LogP contribution in [0.3, 0.4) is 0 Å². The largest absolute Gasteiger partial charge is 0.474 e. The topological polar surface area (TPSA) is 89.9 Å². The highest BCUT2D eigenvalue weighted by molar-refractivity contribution is 5.90. The van der Waals surface area contributed by atoms with E-state index in [4.69, 9.17) is 14.2 Å². The summed E-state index contributed by atoms with van der Waals surface area (Å²) in [4.78, 5) is 15.4. The van der Waals surface area contributed by atoms with Gasteiger partial charge in [-0.1, -0.05) is 24.3 Å². The van der Waals surface area contributed by atoms with Crippen LogP contribution in [0.15, 0.2) is 48.5 Å². The molecule has 1 saturated heterocycles. The fraction of sp³-hybridized carbons (Fsp3) is 0.407. The van der Waals surface area contributed by atoms with E-state index in [-0.39, 0.29) is 12.0 Å². The van der Waals surface area contributed by atoms with Gasteiger partial charge >= 0.3 is 6.03 Å². The lowest BCUT2D eigenvalue weighted by molar-refractivity contribution is 0.143. The zero-order chi connectivity index (χ0) is 27.1. The third kappa shape index (κ3) is 6.47. The number of ether oxygens (including phenoxy) is 3. The predicted molar refractivity (Wildman–Crippen MR) is 139 cm³/mol. The number of halogens is 2. The van der Waals surface area contributed by atoms with Gasteiger partial charge in [-0.25, -0.2) is 18.3 Å². The van der Waals surface area contributed by atoms with Crippen molar-refractivity contribution in [3.8, 4) is 11.6 Å². The van der Waals surface area contributed by atoms with Crippen LogP contribution in [-0.4, -0.2) is 80.4 Å². The van der Waals surface area contributed by atoms with E-state index in [9.17, 15) is 13.6 Å². The maximum Gasteiger partial charge on any atom is 0.320 e. The Labute approximate surface area is 220 Å². The molecule has 0 saturated carbocycles. The number of carbonyl (C=O) groups is 1. The smallest absolute Gasteiger partial charge is 0.320 e. The number of aromatic nitrogens is 2. The molecule has 11 heteroatoms. The van der Waals surface area contributed by atoms with Gasteiger partial charge in [0.15, 0.2) is 11.6 Å². The first-order valence-corrected chi connectivity index (χ1v) is 12.4. The van der Waals surface area contributed by atoms with E-state index >= 15 is 0 Å². The lowest BCUT2D eigenvalue weighted by atomic mass is 9.94. The molecule has 2 aromatic carbocycles. The summed E-state index contributed by atoms with van der Waals surface area (Å²) in [5.74, 6) is -1.21. The van der Waals surface area contributed by atoms with Crippen LogP contribution < -0.4 is 15.4 Å². The highest BCUT2D eigenvalue weighted by Gasteiger charge is 2.35. The average molecular weight is 530 g/mol. The van der Waals surface area contributed by atoms with Gasteiger partial charge in [-0.15, -0.1) is 5.10 Å². The molecule has 1 aliphatic heterocycles. The quantitative estimate of drug-likeness (QED) is 0.368. The van der Waals surface area contributed by atoms with Gasteiger partial charge in [0, 0.05) is 39.8 Å².